The van der Waals surface area contributed by atoms with Gasteiger partial charge in [-0.25, -0.2) is 4.99 Å². The van der Waals surface area contributed by atoms with E-state index in [4.69, 9.17) is 4.99 Å². The second-order valence-corrected chi connectivity index (χ2v) is 7.76. The van der Waals surface area contributed by atoms with Crippen molar-refractivity contribution < 1.29 is 10.0 Å². The van der Waals surface area contributed by atoms with E-state index in [-0.39, 0.29) is 11.6 Å². The molecular formula is C25H21N5O3. The monoisotopic (exact) mass is 439 g/mol. The van der Waals surface area contributed by atoms with Crippen molar-refractivity contribution in [2.45, 2.75) is 6.42 Å². The highest BCUT2D eigenvalue weighted by Gasteiger charge is 2.21. The van der Waals surface area contributed by atoms with Crippen molar-refractivity contribution in [3.05, 3.63) is 99.6 Å². The highest BCUT2D eigenvalue weighted by atomic mass is 16.6. The third-order valence-corrected chi connectivity index (χ3v) is 5.52. The van der Waals surface area contributed by atoms with Crippen LogP contribution in [-0.4, -0.2) is 39.7 Å². The minimum atomic E-state index is -0.449. The first kappa shape index (κ1) is 20.4. The van der Waals surface area contributed by atoms with Crippen LogP contribution in [0.15, 0.2) is 82.8 Å². The van der Waals surface area contributed by atoms with Gasteiger partial charge in [0.2, 0.25) is 0 Å². The number of fused-ring (bicyclic) bond motifs is 1. The Bertz CT molecular complexity index is 1410. The molecule has 3 aromatic carbocycles. The number of nitro benzene ring substituents is 1. The van der Waals surface area contributed by atoms with Gasteiger partial charge in [0, 0.05) is 41.6 Å². The van der Waals surface area contributed by atoms with E-state index < -0.39 is 4.92 Å². The van der Waals surface area contributed by atoms with E-state index in [1.807, 2.05) is 54.6 Å². The van der Waals surface area contributed by atoms with Crippen LogP contribution in [-0.2, 0) is 6.42 Å². The second kappa shape index (κ2) is 8.58. The number of aliphatic imine (C=N–C) groups is 2. The normalized spacial score (nSPS) is 13.7. The number of non-ortho nitro benzene ring substituents is 1. The first-order valence-electron chi connectivity index (χ1n) is 10.6. The van der Waals surface area contributed by atoms with Gasteiger partial charge in [0.15, 0.2) is 5.88 Å². The number of amidine groups is 1. The number of hydrogen-bond acceptors (Lipinski definition) is 6. The standard InChI is InChI=1S/C25H21N5O3/c31-25-23(20-15-19(30(32)33)9-10-21(20)29-25)24(17-6-2-1-3-7-17)28-18-8-4-5-16(13-18)14-22-26-11-12-27-22/h1-10,13,15,29,31H,11-12,14H2,(H,26,27). The molecule has 0 radical (unpaired) electrons. The van der Waals surface area contributed by atoms with E-state index in [9.17, 15) is 15.2 Å². The minimum Gasteiger partial charge on any atom is -0.494 e. The number of aromatic nitrogens is 1. The molecule has 0 atom stereocenters. The Morgan fingerprint density at radius 2 is 1.94 bits per heavy atom. The van der Waals surface area contributed by atoms with Gasteiger partial charge in [0.25, 0.3) is 5.69 Å². The van der Waals surface area contributed by atoms with Crippen LogP contribution in [0.25, 0.3) is 10.9 Å². The molecule has 0 bridgehead atoms. The highest BCUT2D eigenvalue weighted by Crippen LogP contribution is 2.33. The zero-order chi connectivity index (χ0) is 22.8. The number of aromatic hydroxyl groups is 1. The molecule has 0 saturated heterocycles. The lowest BCUT2D eigenvalue weighted by Gasteiger charge is -2.09. The lowest BCUT2D eigenvalue weighted by Crippen LogP contribution is -2.20. The molecule has 4 aromatic rings. The fourth-order valence-corrected chi connectivity index (χ4v) is 4.00. The van der Waals surface area contributed by atoms with Gasteiger partial charge in [0.05, 0.1) is 28.4 Å². The van der Waals surface area contributed by atoms with Gasteiger partial charge >= 0.3 is 0 Å². The Kier molecular flexibility index (Phi) is 5.32. The lowest BCUT2D eigenvalue weighted by atomic mass is 10.0. The average molecular weight is 439 g/mol. The molecule has 1 aromatic heterocycles. The molecule has 0 fully saturated rings. The van der Waals surface area contributed by atoms with Crippen LogP contribution in [0.4, 0.5) is 11.4 Å². The molecule has 3 N–H and O–H groups in total. The Morgan fingerprint density at radius 3 is 2.70 bits per heavy atom. The number of H-pyrrole nitrogens is 1. The molecule has 33 heavy (non-hydrogen) atoms. The lowest BCUT2D eigenvalue weighted by molar-refractivity contribution is -0.384. The molecule has 164 valence electrons. The summed E-state index contributed by atoms with van der Waals surface area (Å²) in [7, 11) is 0. The zero-order valence-electron chi connectivity index (χ0n) is 17.7. The van der Waals surface area contributed by atoms with E-state index in [1.165, 1.54) is 12.1 Å². The van der Waals surface area contributed by atoms with Crippen molar-refractivity contribution in [2.75, 3.05) is 13.1 Å². The number of hydrogen-bond donors (Lipinski definition) is 3. The van der Waals surface area contributed by atoms with Crippen LogP contribution in [0, 0.1) is 10.1 Å². The number of nitro groups is 1. The summed E-state index contributed by atoms with van der Waals surface area (Å²) >= 11 is 0. The fourth-order valence-electron chi connectivity index (χ4n) is 4.00. The van der Waals surface area contributed by atoms with Gasteiger partial charge in [0.1, 0.15) is 5.84 Å². The topological polar surface area (TPSA) is 116 Å². The van der Waals surface area contributed by atoms with Gasteiger partial charge in [-0.15, -0.1) is 0 Å². The Labute approximate surface area is 189 Å². The molecule has 0 unspecified atom stereocenters. The van der Waals surface area contributed by atoms with E-state index >= 15 is 0 Å². The summed E-state index contributed by atoms with van der Waals surface area (Å²) in [5.41, 5.74) is 4.05. The predicted molar refractivity (Wildman–Crippen MR) is 129 cm³/mol. The quantitative estimate of drug-likeness (QED) is 0.233. The summed E-state index contributed by atoms with van der Waals surface area (Å²) in [6, 6.07) is 21.8. The molecule has 1 aliphatic rings. The Morgan fingerprint density at radius 1 is 1.09 bits per heavy atom. The number of aromatic amines is 1. The minimum absolute atomic E-state index is 0.0537. The number of nitrogens with one attached hydrogen (secondary N) is 2. The second-order valence-electron chi connectivity index (χ2n) is 7.76. The van der Waals surface area contributed by atoms with Crippen LogP contribution in [0.2, 0.25) is 0 Å². The van der Waals surface area contributed by atoms with Crippen molar-refractivity contribution in [1.29, 1.82) is 0 Å². The molecule has 1 aliphatic heterocycles. The van der Waals surface area contributed by atoms with Crippen LogP contribution in [0.5, 0.6) is 5.88 Å². The Balaban J connectivity index is 1.66. The van der Waals surface area contributed by atoms with Crippen LogP contribution in [0.1, 0.15) is 16.7 Å². The largest absolute Gasteiger partial charge is 0.494 e. The van der Waals surface area contributed by atoms with Gasteiger partial charge in [-0.3, -0.25) is 15.1 Å². The molecule has 2 heterocycles. The number of rotatable bonds is 6. The smallest absolute Gasteiger partial charge is 0.270 e. The molecular weight excluding hydrogens is 418 g/mol. The fraction of sp³-hybridized carbons (Fsp3) is 0.120. The van der Waals surface area contributed by atoms with Crippen molar-refractivity contribution in [3.8, 4) is 5.88 Å². The average Bonchev–Trinajstić information content (AvgIpc) is 3.44. The van der Waals surface area contributed by atoms with Crippen LogP contribution < -0.4 is 5.32 Å². The molecule has 0 saturated carbocycles. The van der Waals surface area contributed by atoms with Crippen molar-refractivity contribution in [1.82, 2.24) is 10.3 Å². The maximum Gasteiger partial charge on any atom is 0.270 e. The summed E-state index contributed by atoms with van der Waals surface area (Å²) in [6.45, 7) is 1.65. The number of benzene rings is 3. The summed E-state index contributed by atoms with van der Waals surface area (Å²) in [5.74, 6) is 0.870. The van der Waals surface area contributed by atoms with Gasteiger partial charge in [-0.05, 0) is 23.8 Å². The van der Waals surface area contributed by atoms with E-state index in [1.54, 1.807) is 6.07 Å². The van der Waals surface area contributed by atoms with Gasteiger partial charge < -0.3 is 15.4 Å². The van der Waals surface area contributed by atoms with Crippen molar-refractivity contribution in [2.24, 2.45) is 9.98 Å². The summed E-state index contributed by atoms with van der Waals surface area (Å²) in [5, 5.41) is 26.0. The summed E-state index contributed by atoms with van der Waals surface area (Å²) in [6.07, 6.45) is 0.689. The molecule has 8 heteroatoms. The van der Waals surface area contributed by atoms with E-state index in [2.05, 4.69) is 15.3 Å². The van der Waals surface area contributed by atoms with Crippen molar-refractivity contribution >= 4 is 33.8 Å². The van der Waals surface area contributed by atoms with Gasteiger partial charge in [-0.1, -0.05) is 42.5 Å². The maximum absolute atomic E-state index is 11.4. The number of nitrogens with zero attached hydrogens (tertiary/aromatic N) is 3. The molecule has 0 amide bonds. The summed E-state index contributed by atoms with van der Waals surface area (Å²) in [4.78, 5) is 23.2. The van der Waals surface area contributed by atoms with Crippen molar-refractivity contribution in [3.63, 3.8) is 0 Å². The first-order valence-corrected chi connectivity index (χ1v) is 10.6. The molecule has 8 nitrogen and oxygen atoms in total. The molecule has 5 rings (SSSR count). The molecule has 0 spiro atoms. The van der Waals surface area contributed by atoms with Crippen LogP contribution >= 0.6 is 0 Å². The third kappa shape index (κ3) is 4.18. The Hall–Kier alpha value is -4.46. The predicted octanol–water partition coefficient (Wildman–Crippen LogP) is 4.50. The third-order valence-electron chi connectivity index (χ3n) is 5.52. The highest BCUT2D eigenvalue weighted by molar-refractivity contribution is 6.22. The first-order chi connectivity index (χ1) is 16.1. The maximum atomic E-state index is 11.4. The molecule has 0 aliphatic carbocycles. The summed E-state index contributed by atoms with van der Waals surface area (Å²) < 4.78 is 0. The SMILES string of the molecule is O=[N+]([O-])c1ccc2[nH]c(O)c(C(=Nc3cccc(CC4=NCCN4)c3)c3ccccc3)c2c1. The zero-order valence-corrected chi connectivity index (χ0v) is 17.7. The van der Waals surface area contributed by atoms with E-state index in [0.717, 1.165) is 30.1 Å². The van der Waals surface area contributed by atoms with Crippen LogP contribution in [0.3, 0.4) is 0 Å². The van der Waals surface area contributed by atoms with E-state index in [0.29, 0.717) is 34.3 Å². The van der Waals surface area contributed by atoms with Gasteiger partial charge in [-0.2, -0.15) is 0 Å².